The maximum Gasteiger partial charge on any atom is 0.0790 e. The number of para-hydroxylation sites is 1. The molecular weight excluding hydrogens is 262 g/mol. The summed E-state index contributed by atoms with van der Waals surface area (Å²) in [6, 6.07) is 5.62. The van der Waals surface area contributed by atoms with Crippen LogP contribution in [0.1, 0.15) is 13.8 Å². The van der Waals surface area contributed by atoms with E-state index in [1.54, 1.807) is 0 Å². The van der Waals surface area contributed by atoms with E-state index < -0.39 is 5.60 Å². The Morgan fingerprint density at radius 3 is 2.42 bits per heavy atom. The summed E-state index contributed by atoms with van der Waals surface area (Å²) in [5.74, 6) is 0. The van der Waals surface area contributed by atoms with E-state index in [-0.39, 0.29) is 0 Å². The van der Waals surface area contributed by atoms with Crippen LogP contribution in [-0.2, 0) is 0 Å². The van der Waals surface area contributed by atoms with Gasteiger partial charge in [-0.25, -0.2) is 0 Å². The number of anilines is 2. The second-order valence-corrected chi connectivity index (χ2v) is 6.16. The minimum atomic E-state index is -0.647. The summed E-state index contributed by atoms with van der Waals surface area (Å²) >= 11 is 6.23. The van der Waals surface area contributed by atoms with Crippen molar-refractivity contribution >= 4 is 23.0 Å². The topological polar surface area (TPSA) is 52.7 Å². The van der Waals surface area contributed by atoms with Gasteiger partial charge in [0, 0.05) is 32.7 Å². The van der Waals surface area contributed by atoms with Crippen LogP contribution in [0.3, 0.4) is 0 Å². The summed E-state index contributed by atoms with van der Waals surface area (Å²) < 4.78 is 0. The van der Waals surface area contributed by atoms with Crippen LogP contribution in [0.2, 0.25) is 5.02 Å². The first-order valence-electron chi connectivity index (χ1n) is 6.60. The maximum atomic E-state index is 9.84. The van der Waals surface area contributed by atoms with Crippen LogP contribution in [-0.4, -0.2) is 48.3 Å². The number of rotatable bonds is 3. The molecule has 0 aromatic heterocycles. The molecule has 0 unspecified atom stereocenters. The van der Waals surface area contributed by atoms with E-state index in [4.69, 9.17) is 17.3 Å². The molecule has 1 aliphatic heterocycles. The molecule has 0 radical (unpaired) electrons. The third-order valence-electron chi connectivity index (χ3n) is 3.32. The Labute approximate surface area is 119 Å². The van der Waals surface area contributed by atoms with Crippen LogP contribution >= 0.6 is 11.6 Å². The molecule has 0 bridgehead atoms. The predicted molar refractivity (Wildman–Crippen MR) is 80.8 cm³/mol. The molecule has 1 aliphatic rings. The van der Waals surface area contributed by atoms with Crippen LogP contribution in [0.15, 0.2) is 18.2 Å². The Kier molecular flexibility index (Phi) is 4.23. The summed E-state index contributed by atoms with van der Waals surface area (Å²) in [5.41, 5.74) is 7.02. The average Bonchev–Trinajstić information content (AvgIpc) is 2.29. The molecule has 1 aromatic carbocycles. The Hall–Kier alpha value is -0.970. The maximum absolute atomic E-state index is 9.84. The molecule has 5 heteroatoms. The lowest BCUT2D eigenvalue weighted by Crippen LogP contribution is -2.50. The van der Waals surface area contributed by atoms with Gasteiger partial charge in [0.05, 0.1) is 22.0 Å². The highest BCUT2D eigenvalue weighted by Crippen LogP contribution is 2.32. The zero-order valence-corrected chi connectivity index (χ0v) is 12.3. The van der Waals surface area contributed by atoms with Gasteiger partial charge in [0.15, 0.2) is 0 Å². The highest BCUT2D eigenvalue weighted by Gasteiger charge is 2.24. The Morgan fingerprint density at radius 1 is 1.26 bits per heavy atom. The standard InChI is InChI=1S/C14H22ClN3O/c1-14(2,19)10-17-6-8-18(9-7-17)13-11(15)4-3-5-12(13)16/h3-5,19H,6-10,16H2,1-2H3. The van der Waals surface area contributed by atoms with E-state index in [1.165, 1.54) is 0 Å². The minimum Gasteiger partial charge on any atom is -0.397 e. The van der Waals surface area contributed by atoms with E-state index in [0.29, 0.717) is 11.6 Å². The summed E-state index contributed by atoms with van der Waals surface area (Å²) in [4.78, 5) is 4.49. The predicted octanol–water partition coefficient (Wildman–Crippen LogP) is 1.82. The highest BCUT2D eigenvalue weighted by atomic mass is 35.5. The van der Waals surface area contributed by atoms with Crippen LogP contribution in [0.5, 0.6) is 0 Å². The van der Waals surface area contributed by atoms with E-state index >= 15 is 0 Å². The number of nitrogen functional groups attached to an aromatic ring is 1. The molecule has 2 rings (SSSR count). The minimum absolute atomic E-state index is 0.647. The molecule has 19 heavy (non-hydrogen) atoms. The molecule has 0 aliphatic carbocycles. The summed E-state index contributed by atoms with van der Waals surface area (Å²) in [7, 11) is 0. The average molecular weight is 284 g/mol. The van der Waals surface area contributed by atoms with Crippen LogP contribution in [0.25, 0.3) is 0 Å². The molecular formula is C14H22ClN3O. The number of piperazine rings is 1. The van der Waals surface area contributed by atoms with Crippen molar-refractivity contribution in [2.24, 2.45) is 0 Å². The third-order valence-corrected chi connectivity index (χ3v) is 3.62. The van der Waals surface area contributed by atoms with E-state index in [0.717, 1.165) is 37.6 Å². The normalized spacial score (nSPS) is 17.8. The van der Waals surface area contributed by atoms with Gasteiger partial charge in [0.25, 0.3) is 0 Å². The molecule has 0 amide bonds. The van der Waals surface area contributed by atoms with Gasteiger partial charge < -0.3 is 15.7 Å². The van der Waals surface area contributed by atoms with Crippen molar-refractivity contribution in [3.63, 3.8) is 0 Å². The van der Waals surface area contributed by atoms with Crippen molar-refractivity contribution in [2.45, 2.75) is 19.4 Å². The molecule has 1 aromatic rings. The Morgan fingerprint density at radius 2 is 1.89 bits per heavy atom. The van der Waals surface area contributed by atoms with Crippen molar-refractivity contribution < 1.29 is 5.11 Å². The van der Waals surface area contributed by atoms with Crippen molar-refractivity contribution in [1.82, 2.24) is 4.90 Å². The van der Waals surface area contributed by atoms with Gasteiger partial charge in [0.1, 0.15) is 0 Å². The van der Waals surface area contributed by atoms with Gasteiger partial charge in [0.2, 0.25) is 0 Å². The van der Waals surface area contributed by atoms with Gasteiger partial charge in [-0.2, -0.15) is 0 Å². The first kappa shape index (κ1) is 14.4. The molecule has 0 saturated carbocycles. The first-order valence-corrected chi connectivity index (χ1v) is 6.98. The Balaban J connectivity index is 2.00. The number of benzene rings is 1. The fourth-order valence-corrected chi connectivity index (χ4v) is 2.84. The largest absolute Gasteiger partial charge is 0.397 e. The van der Waals surface area contributed by atoms with Gasteiger partial charge >= 0.3 is 0 Å². The lowest BCUT2D eigenvalue weighted by atomic mass is 10.1. The number of β-amino-alcohol motifs (C(OH)–C–C–N with tert-alkyl or cyclic N) is 1. The lowest BCUT2D eigenvalue weighted by Gasteiger charge is -2.39. The van der Waals surface area contributed by atoms with Crippen LogP contribution < -0.4 is 10.6 Å². The number of hydrogen-bond donors (Lipinski definition) is 2. The molecule has 106 valence electrons. The number of halogens is 1. The van der Waals surface area contributed by atoms with Crippen molar-refractivity contribution in [1.29, 1.82) is 0 Å². The second-order valence-electron chi connectivity index (χ2n) is 5.75. The smallest absolute Gasteiger partial charge is 0.0790 e. The third kappa shape index (κ3) is 3.75. The zero-order valence-electron chi connectivity index (χ0n) is 11.6. The zero-order chi connectivity index (χ0) is 14.0. The van der Waals surface area contributed by atoms with Gasteiger partial charge in [-0.05, 0) is 26.0 Å². The summed E-state index contributed by atoms with van der Waals surface area (Å²) in [6.45, 7) is 7.95. The number of nitrogens with two attached hydrogens (primary N) is 1. The Bertz CT molecular complexity index is 417. The van der Waals surface area contributed by atoms with Crippen LogP contribution in [0.4, 0.5) is 11.4 Å². The van der Waals surface area contributed by atoms with Crippen molar-refractivity contribution in [3.05, 3.63) is 23.2 Å². The molecule has 1 saturated heterocycles. The van der Waals surface area contributed by atoms with Crippen molar-refractivity contribution in [3.8, 4) is 0 Å². The monoisotopic (exact) mass is 283 g/mol. The first-order chi connectivity index (χ1) is 8.87. The fourth-order valence-electron chi connectivity index (χ4n) is 2.54. The van der Waals surface area contributed by atoms with E-state index in [1.807, 2.05) is 32.0 Å². The molecule has 0 atom stereocenters. The number of nitrogens with zero attached hydrogens (tertiary/aromatic N) is 2. The molecule has 1 fully saturated rings. The summed E-state index contributed by atoms with van der Waals surface area (Å²) in [5, 5.41) is 10.5. The highest BCUT2D eigenvalue weighted by molar-refractivity contribution is 6.34. The second kappa shape index (κ2) is 5.57. The summed E-state index contributed by atoms with van der Waals surface area (Å²) in [6.07, 6.45) is 0. The fraction of sp³-hybridized carbons (Fsp3) is 0.571. The van der Waals surface area contributed by atoms with Gasteiger partial charge in [-0.15, -0.1) is 0 Å². The SMILES string of the molecule is CC(C)(O)CN1CCN(c2c(N)cccc2Cl)CC1. The number of aliphatic hydroxyl groups is 1. The molecule has 1 heterocycles. The van der Waals surface area contributed by atoms with Crippen molar-refractivity contribution in [2.75, 3.05) is 43.4 Å². The molecule has 3 N–H and O–H groups in total. The molecule has 4 nitrogen and oxygen atoms in total. The molecule has 0 spiro atoms. The van der Waals surface area contributed by atoms with Gasteiger partial charge in [-0.3, -0.25) is 4.90 Å². The number of hydrogen-bond acceptors (Lipinski definition) is 4. The van der Waals surface area contributed by atoms with Gasteiger partial charge in [-0.1, -0.05) is 17.7 Å². The quantitative estimate of drug-likeness (QED) is 0.831. The van der Waals surface area contributed by atoms with E-state index in [2.05, 4.69) is 9.80 Å². The van der Waals surface area contributed by atoms with E-state index in [9.17, 15) is 5.11 Å². The lowest BCUT2D eigenvalue weighted by molar-refractivity contribution is 0.0345. The van der Waals surface area contributed by atoms with Crippen LogP contribution in [0, 0.1) is 0 Å².